The maximum Gasteiger partial charge on any atom is 0.337 e. The first-order chi connectivity index (χ1) is 8.38. The summed E-state index contributed by atoms with van der Waals surface area (Å²) in [5, 5.41) is 28.2. The largest absolute Gasteiger partial charge is 0.478 e. The summed E-state index contributed by atoms with van der Waals surface area (Å²) in [6.45, 7) is 0. The van der Waals surface area contributed by atoms with Gasteiger partial charge in [-0.2, -0.15) is 12.6 Å². The van der Waals surface area contributed by atoms with Gasteiger partial charge in [-0.05, 0) is 24.3 Å². The lowest BCUT2D eigenvalue weighted by Crippen LogP contribution is -2.21. The van der Waals surface area contributed by atoms with Crippen molar-refractivity contribution in [1.82, 2.24) is 0 Å². The van der Waals surface area contributed by atoms with Crippen molar-refractivity contribution in [2.45, 2.75) is 18.6 Å². The summed E-state index contributed by atoms with van der Waals surface area (Å²) in [6, 6.07) is 1.67. The number of aliphatic hydroxyl groups excluding tert-OH is 2. The SMILES string of the molecule is Nc1c(C(=O)O)cc(F)cc1C(O)C(O)CCS. The van der Waals surface area contributed by atoms with Crippen molar-refractivity contribution < 1.29 is 24.5 Å². The third-order valence-corrected chi connectivity index (χ3v) is 2.77. The Balaban J connectivity index is 3.19. The van der Waals surface area contributed by atoms with Gasteiger partial charge in [-0.15, -0.1) is 0 Å². The van der Waals surface area contributed by atoms with Gasteiger partial charge >= 0.3 is 5.97 Å². The Bertz CT molecular complexity index is 455. The smallest absolute Gasteiger partial charge is 0.337 e. The highest BCUT2D eigenvalue weighted by Gasteiger charge is 2.24. The molecular weight excluding hydrogens is 261 g/mol. The van der Waals surface area contributed by atoms with Gasteiger partial charge in [0.1, 0.15) is 11.9 Å². The number of hydrogen-bond acceptors (Lipinski definition) is 5. The minimum absolute atomic E-state index is 0.137. The van der Waals surface area contributed by atoms with Gasteiger partial charge in [-0.25, -0.2) is 9.18 Å². The fraction of sp³-hybridized carbons (Fsp3) is 0.364. The number of anilines is 1. The van der Waals surface area contributed by atoms with Crippen LogP contribution in [-0.4, -0.2) is 33.1 Å². The molecule has 0 amide bonds. The molecule has 1 aromatic carbocycles. The van der Waals surface area contributed by atoms with Crippen LogP contribution >= 0.6 is 12.6 Å². The predicted octanol–water partition coefficient (Wildman–Crippen LogP) is 0.820. The van der Waals surface area contributed by atoms with E-state index < -0.39 is 29.6 Å². The molecule has 0 aromatic heterocycles. The van der Waals surface area contributed by atoms with Crippen LogP contribution in [0.15, 0.2) is 12.1 Å². The summed E-state index contributed by atoms with van der Waals surface area (Å²) >= 11 is 3.90. The van der Waals surface area contributed by atoms with E-state index in [1.807, 2.05) is 0 Å². The number of carboxylic acids is 1. The summed E-state index contributed by atoms with van der Waals surface area (Å²) < 4.78 is 13.3. The average Bonchev–Trinajstić information content (AvgIpc) is 2.30. The topological polar surface area (TPSA) is 104 Å². The molecule has 100 valence electrons. The molecule has 7 heteroatoms. The van der Waals surface area contributed by atoms with Crippen molar-refractivity contribution in [1.29, 1.82) is 0 Å². The average molecular weight is 275 g/mol. The second-order valence-electron chi connectivity index (χ2n) is 3.79. The summed E-state index contributed by atoms with van der Waals surface area (Å²) in [6.07, 6.45) is -2.47. The second-order valence-corrected chi connectivity index (χ2v) is 4.23. The van der Waals surface area contributed by atoms with E-state index in [4.69, 9.17) is 10.8 Å². The minimum atomic E-state index is -1.45. The van der Waals surface area contributed by atoms with E-state index in [0.717, 1.165) is 12.1 Å². The molecule has 1 rings (SSSR count). The van der Waals surface area contributed by atoms with Crippen LogP contribution in [-0.2, 0) is 0 Å². The predicted molar refractivity (Wildman–Crippen MR) is 67.2 cm³/mol. The van der Waals surface area contributed by atoms with Gasteiger partial charge < -0.3 is 21.1 Å². The van der Waals surface area contributed by atoms with Crippen LogP contribution in [0.25, 0.3) is 0 Å². The van der Waals surface area contributed by atoms with Gasteiger partial charge in [0.05, 0.1) is 17.4 Å². The first-order valence-corrected chi connectivity index (χ1v) is 5.81. The van der Waals surface area contributed by atoms with Gasteiger partial charge in [0.15, 0.2) is 0 Å². The minimum Gasteiger partial charge on any atom is -0.478 e. The van der Waals surface area contributed by atoms with E-state index in [9.17, 15) is 19.4 Å². The van der Waals surface area contributed by atoms with Gasteiger partial charge in [0, 0.05) is 5.56 Å². The zero-order valence-corrected chi connectivity index (χ0v) is 10.3. The van der Waals surface area contributed by atoms with Gasteiger partial charge in [-0.3, -0.25) is 0 Å². The molecule has 5 N–H and O–H groups in total. The molecule has 5 nitrogen and oxygen atoms in total. The molecule has 0 aliphatic carbocycles. The molecule has 0 fully saturated rings. The maximum atomic E-state index is 13.3. The maximum absolute atomic E-state index is 13.3. The molecule has 2 unspecified atom stereocenters. The molecule has 0 bridgehead atoms. The fourth-order valence-electron chi connectivity index (χ4n) is 1.56. The summed E-state index contributed by atoms with van der Waals surface area (Å²) in [7, 11) is 0. The summed E-state index contributed by atoms with van der Waals surface area (Å²) in [5.74, 6) is -1.92. The number of aliphatic hydroxyl groups is 2. The Hall–Kier alpha value is -1.31. The van der Waals surface area contributed by atoms with Crippen LogP contribution in [0.4, 0.5) is 10.1 Å². The Morgan fingerprint density at radius 1 is 1.44 bits per heavy atom. The van der Waals surface area contributed by atoms with Gasteiger partial charge in [0.2, 0.25) is 0 Å². The van der Waals surface area contributed by atoms with Crippen LogP contribution < -0.4 is 5.73 Å². The zero-order chi connectivity index (χ0) is 13.9. The number of halogens is 1. The number of rotatable bonds is 5. The standard InChI is InChI=1S/C11H14FNO4S/c12-5-3-6(10(15)8(14)1-2-18)9(13)7(4-5)11(16)17/h3-4,8,10,14-15,18H,1-2,13H2,(H,16,17). The lowest BCUT2D eigenvalue weighted by atomic mass is 9.98. The molecule has 0 saturated heterocycles. The van der Waals surface area contributed by atoms with Crippen LogP contribution in [0, 0.1) is 5.82 Å². The molecule has 0 spiro atoms. The lowest BCUT2D eigenvalue weighted by molar-refractivity contribution is 0.0174. The van der Waals surface area contributed by atoms with Crippen molar-refractivity contribution in [3.8, 4) is 0 Å². The number of carbonyl (C=O) groups is 1. The Morgan fingerprint density at radius 3 is 2.56 bits per heavy atom. The molecular formula is C11H14FNO4S. The van der Waals surface area contributed by atoms with Crippen molar-refractivity contribution in [2.75, 3.05) is 11.5 Å². The van der Waals surface area contributed by atoms with Crippen molar-refractivity contribution in [3.63, 3.8) is 0 Å². The van der Waals surface area contributed by atoms with Crippen LogP contribution in [0.2, 0.25) is 0 Å². The molecule has 1 aromatic rings. The fourth-order valence-corrected chi connectivity index (χ4v) is 1.82. The molecule has 0 heterocycles. The second kappa shape index (κ2) is 6.03. The number of carboxylic acid groups (broad SMARTS) is 1. The third-order valence-electron chi connectivity index (χ3n) is 2.52. The van der Waals surface area contributed by atoms with Crippen molar-refractivity contribution >= 4 is 24.3 Å². The Labute approximate surface area is 108 Å². The number of benzene rings is 1. The Kier molecular flexibility index (Phi) is 4.94. The van der Waals surface area contributed by atoms with Crippen LogP contribution in [0.5, 0.6) is 0 Å². The van der Waals surface area contributed by atoms with E-state index in [1.54, 1.807) is 0 Å². The van der Waals surface area contributed by atoms with E-state index in [2.05, 4.69) is 12.6 Å². The van der Waals surface area contributed by atoms with Crippen LogP contribution in [0.1, 0.15) is 28.4 Å². The molecule has 0 radical (unpaired) electrons. The molecule has 18 heavy (non-hydrogen) atoms. The van der Waals surface area contributed by atoms with Crippen molar-refractivity contribution in [3.05, 3.63) is 29.1 Å². The quantitative estimate of drug-likeness (QED) is 0.404. The highest BCUT2D eigenvalue weighted by atomic mass is 32.1. The number of nitrogen functional groups attached to an aromatic ring is 1. The van der Waals surface area contributed by atoms with E-state index >= 15 is 0 Å². The number of thiol groups is 1. The molecule has 0 aliphatic heterocycles. The zero-order valence-electron chi connectivity index (χ0n) is 9.38. The molecule has 2 atom stereocenters. The monoisotopic (exact) mass is 275 g/mol. The number of aromatic carboxylic acids is 1. The van der Waals surface area contributed by atoms with E-state index in [-0.39, 0.29) is 17.7 Å². The highest BCUT2D eigenvalue weighted by molar-refractivity contribution is 7.80. The van der Waals surface area contributed by atoms with Gasteiger partial charge in [-0.1, -0.05) is 0 Å². The van der Waals surface area contributed by atoms with E-state index in [1.165, 1.54) is 0 Å². The highest BCUT2D eigenvalue weighted by Crippen LogP contribution is 2.28. The third kappa shape index (κ3) is 3.12. The number of hydrogen-bond donors (Lipinski definition) is 5. The summed E-state index contributed by atoms with van der Waals surface area (Å²) in [4.78, 5) is 10.8. The number of nitrogens with two attached hydrogens (primary N) is 1. The first-order valence-electron chi connectivity index (χ1n) is 5.17. The first kappa shape index (κ1) is 14.7. The van der Waals surface area contributed by atoms with Crippen LogP contribution in [0.3, 0.4) is 0 Å². The normalized spacial score (nSPS) is 14.2. The molecule has 0 aliphatic rings. The molecule has 0 saturated carbocycles. The van der Waals surface area contributed by atoms with E-state index in [0.29, 0.717) is 5.75 Å². The Morgan fingerprint density at radius 2 is 2.06 bits per heavy atom. The van der Waals surface area contributed by atoms with Crippen molar-refractivity contribution in [2.24, 2.45) is 0 Å². The van der Waals surface area contributed by atoms with Gasteiger partial charge in [0.25, 0.3) is 0 Å². The summed E-state index contributed by atoms with van der Waals surface area (Å²) in [5.41, 5.74) is 4.72. The lowest BCUT2D eigenvalue weighted by Gasteiger charge is -2.20.